The van der Waals surface area contributed by atoms with Crippen molar-refractivity contribution < 1.29 is 14.3 Å². The SMILES string of the molecule is Cc1c(Cc2ccc(Br)cc2F)c(C(=O)CO)cn(C)c1=O. The van der Waals surface area contributed by atoms with E-state index in [9.17, 15) is 14.0 Å². The molecule has 4 nitrogen and oxygen atoms in total. The maximum Gasteiger partial charge on any atom is 0.253 e. The minimum Gasteiger partial charge on any atom is -0.388 e. The molecule has 0 aliphatic heterocycles. The number of nitrogens with zero attached hydrogens (tertiary/aromatic N) is 1. The van der Waals surface area contributed by atoms with Crippen molar-refractivity contribution >= 4 is 21.7 Å². The van der Waals surface area contributed by atoms with Crippen molar-refractivity contribution in [1.29, 1.82) is 0 Å². The number of rotatable bonds is 4. The summed E-state index contributed by atoms with van der Waals surface area (Å²) < 4.78 is 15.9. The molecule has 0 amide bonds. The third kappa shape index (κ3) is 3.18. The number of hydrogen-bond acceptors (Lipinski definition) is 3. The van der Waals surface area contributed by atoms with Gasteiger partial charge in [-0.3, -0.25) is 9.59 Å². The van der Waals surface area contributed by atoms with E-state index in [4.69, 9.17) is 5.11 Å². The van der Waals surface area contributed by atoms with Gasteiger partial charge in [0.15, 0.2) is 5.78 Å². The first kappa shape index (κ1) is 16.6. The van der Waals surface area contributed by atoms with Crippen molar-refractivity contribution in [2.24, 2.45) is 7.05 Å². The Hall–Kier alpha value is -1.79. The van der Waals surface area contributed by atoms with Crippen LogP contribution in [0, 0.1) is 12.7 Å². The van der Waals surface area contributed by atoms with Crippen molar-refractivity contribution in [3.05, 3.63) is 67.3 Å². The Bertz CT molecular complexity index is 799. The van der Waals surface area contributed by atoms with Crippen molar-refractivity contribution in [3.8, 4) is 0 Å². The van der Waals surface area contributed by atoms with Gasteiger partial charge in [-0.15, -0.1) is 0 Å². The fraction of sp³-hybridized carbons (Fsp3) is 0.250. The fourth-order valence-corrected chi connectivity index (χ4v) is 2.67. The molecule has 0 aliphatic rings. The fourth-order valence-electron chi connectivity index (χ4n) is 2.33. The van der Waals surface area contributed by atoms with E-state index < -0.39 is 18.2 Å². The molecule has 1 aromatic heterocycles. The molecule has 1 heterocycles. The lowest BCUT2D eigenvalue weighted by atomic mass is 9.95. The standard InChI is InChI=1S/C16H15BrFNO3/c1-9-12(5-10-3-4-11(17)6-14(10)18)13(15(21)8-20)7-19(2)16(9)22/h3-4,6-7,20H,5,8H2,1-2H3. The number of carbonyl (C=O) groups excluding carboxylic acids is 1. The van der Waals surface area contributed by atoms with Crippen LogP contribution in [0.15, 0.2) is 33.7 Å². The Balaban J connectivity index is 2.60. The van der Waals surface area contributed by atoms with Crippen LogP contribution in [-0.4, -0.2) is 22.1 Å². The van der Waals surface area contributed by atoms with E-state index in [0.29, 0.717) is 21.2 Å². The number of aryl methyl sites for hydroxylation is 1. The highest BCUT2D eigenvalue weighted by Crippen LogP contribution is 2.21. The first-order chi connectivity index (χ1) is 10.3. The van der Waals surface area contributed by atoms with E-state index >= 15 is 0 Å². The van der Waals surface area contributed by atoms with Gasteiger partial charge in [0.1, 0.15) is 12.4 Å². The van der Waals surface area contributed by atoms with Crippen molar-refractivity contribution in [1.82, 2.24) is 4.57 Å². The number of pyridine rings is 1. The normalized spacial score (nSPS) is 10.8. The first-order valence-electron chi connectivity index (χ1n) is 6.62. The summed E-state index contributed by atoms with van der Waals surface area (Å²) in [6, 6.07) is 4.63. The minimum atomic E-state index is -0.659. The predicted octanol–water partition coefficient (Wildman–Crippen LogP) is 2.36. The Morgan fingerprint density at radius 3 is 2.68 bits per heavy atom. The molecule has 6 heteroatoms. The highest BCUT2D eigenvalue weighted by molar-refractivity contribution is 9.10. The van der Waals surface area contributed by atoms with Crippen LogP contribution in [0.25, 0.3) is 0 Å². The average Bonchev–Trinajstić information content (AvgIpc) is 2.49. The number of benzene rings is 1. The summed E-state index contributed by atoms with van der Waals surface area (Å²) in [6.45, 7) is 0.941. The summed E-state index contributed by atoms with van der Waals surface area (Å²) in [4.78, 5) is 24.0. The van der Waals surface area contributed by atoms with Crippen LogP contribution < -0.4 is 5.56 Å². The molecule has 1 N–H and O–H groups in total. The van der Waals surface area contributed by atoms with Gasteiger partial charge < -0.3 is 9.67 Å². The zero-order valence-electron chi connectivity index (χ0n) is 12.2. The number of aliphatic hydroxyl groups is 1. The molecule has 116 valence electrons. The van der Waals surface area contributed by atoms with Crippen LogP contribution in [0.1, 0.15) is 27.0 Å². The van der Waals surface area contributed by atoms with E-state index in [-0.39, 0.29) is 17.5 Å². The van der Waals surface area contributed by atoms with Crippen LogP contribution in [0.5, 0.6) is 0 Å². The van der Waals surface area contributed by atoms with E-state index in [1.807, 2.05) is 0 Å². The Morgan fingerprint density at radius 1 is 1.41 bits per heavy atom. The van der Waals surface area contributed by atoms with Crippen LogP contribution in [0.2, 0.25) is 0 Å². The largest absolute Gasteiger partial charge is 0.388 e. The molecule has 0 atom stereocenters. The summed E-state index contributed by atoms with van der Waals surface area (Å²) in [5.41, 5.74) is 1.20. The number of carbonyl (C=O) groups is 1. The molecule has 0 saturated heterocycles. The average molecular weight is 368 g/mol. The highest BCUT2D eigenvalue weighted by Gasteiger charge is 2.18. The molecule has 0 saturated carbocycles. The van der Waals surface area contributed by atoms with Gasteiger partial charge >= 0.3 is 0 Å². The molecule has 2 aromatic rings. The number of Topliss-reactive ketones (excluding diaryl/α,β-unsaturated/α-hetero) is 1. The molecular formula is C16H15BrFNO3. The lowest BCUT2D eigenvalue weighted by Crippen LogP contribution is -2.25. The lowest BCUT2D eigenvalue weighted by Gasteiger charge is -2.13. The second-order valence-corrected chi connectivity index (χ2v) is 5.97. The summed E-state index contributed by atoms with van der Waals surface area (Å²) >= 11 is 3.19. The van der Waals surface area contributed by atoms with Crippen molar-refractivity contribution in [2.45, 2.75) is 13.3 Å². The smallest absolute Gasteiger partial charge is 0.253 e. The Labute approximate surface area is 135 Å². The molecule has 0 bridgehead atoms. The number of aromatic nitrogens is 1. The third-order valence-corrected chi connectivity index (χ3v) is 4.06. The molecule has 0 radical (unpaired) electrons. The van der Waals surface area contributed by atoms with Crippen LogP contribution in [-0.2, 0) is 13.5 Å². The van der Waals surface area contributed by atoms with Crippen molar-refractivity contribution in [3.63, 3.8) is 0 Å². The highest BCUT2D eigenvalue weighted by atomic mass is 79.9. The maximum absolute atomic E-state index is 14.0. The van der Waals surface area contributed by atoms with Crippen LogP contribution >= 0.6 is 15.9 Å². The van der Waals surface area contributed by atoms with Gasteiger partial charge in [-0.25, -0.2) is 4.39 Å². The molecule has 22 heavy (non-hydrogen) atoms. The molecule has 1 aromatic carbocycles. The monoisotopic (exact) mass is 367 g/mol. The zero-order valence-corrected chi connectivity index (χ0v) is 13.8. The summed E-state index contributed by atoms with van der Waals surface area (Å²) in [5.74, 6) is -0.914. The molecule has 0 fully saturated rings. The van der Waals surface area contributed by atoms with E-state index in [0.717, 1.165) is 0 Å². The Morgan fingerprint density at radius 2 is 2.09 bits per heavy atom. The van der Waals surface area contributed by atoms with E-state index in [1.54, 1.807) is 19.1 Å². The second kappa shape index (κ2) is 6.54. The lowest BCUT2D eigenvalue weighted by molar-refractivity contribution is 0.0902. The topological polar surface area (TPSA) is 59.3 Å². The molecule has 0 spiro atoms. The van der Waals surface area contributed by atoms with Crippen LogP contribution in [0.4, 0.5) is 4.39 Å². The number of hydrogen-bond donors (Lipinski definition) is 1. The zero-order chi connectivity index (χ0) is 16.4. The summed E-state index contributed by atoms with van der Waals surface area (Å²) in [6.07, 6.45) is 1.50. The molecule has 0 unspecified atom stereocenters. The quantitative estimate of drug-likeness (QED) is 0.843. The van der Waals surface area contributed by atoms with Crippen LogP contribution in [0.3, 0.4) is 0 Å². The molecular weight excluding hydrogens is 353 g/mol. The maximum atomic E-state index is 14.0. The van der Waals surface area contributed by atoms with Gasteiger partial charge in [0, 0.05) is 35.3 Å². The summed E-state index contributed by atoms with van der Waals surface area (Å²) in [5, 5.41) is 9.10. The molecule has 2 rings (SSSR count). The Kier molecular flexibility index (Phi) is 4.93. The predicted molar refractivity (Wildman–Crippen MR) is 84.7 cm³/mol. The molecule has 0 aliphatic carbocycles. The van der Waals surface area contributed by atoms with Gasteiger partial charge in [0.05, 0.1) is 0 Å². The van der Waals surface area contributed by atoms with Crippen molar-refractivity contribution in [2.75, 3.05) is 6.61 Å². The number of halogens is 2. The number of aliphatic hydroxyl groups excluding tert-OH is 1. The van der Waals surface area contributed by atoms with E-state index in [2.05, 4.69) is 15.9 Å². The summed E-state index contributed by atoms with van der Waals surface area (Å²) in [7, 11) is 1.54. The van der Waals surface area contributed by atoms with E-state index in [1.165, 1.54) is 23.9 Å². The van der Waals surface area contributed by atoms with Gasteiger partial charge in [-0.2, -0.15) is 0 Å². The van der Waals surface area contributed by atoms with Gasteiger partial charge in [0.25, 0.3) is 5.56 Å². The van der Waals surface area contributed by atoms with Gasteiger partial charge in [0.2, 0.25) is 0 Å². The number of ketones is 1. The minimum absolute atomic E-state index is 0.113. The van der Waals surface area contributed by atoms with Gasteiger partial charge in [-0.1, -0.05) is 22.0 Å². The second-order valence-electron chi connectivity index (χ2n) is 5.06. The first-order valence-corrected chi connectivity index (χ1v) is 7.41. The third-order valence-electron chi connectivity index (χ3n) is 3.57. The van der Waals surface area contributed by atoms with Gasteiger partial charge in [-0.05, 0) is 30.2 Å².